The molecule has 0 aliphatic rings. The maximum absolute atomic E-state index is 11.4. The van der Waals surface area contributed by atoms with Gasteiger partial charge in [-0.05, 0) is 31.9 Å². The summed E-state index contributed by atoms with van der Waals surface area (Å²) in [5.41, 5.74) is 3.28. The number of benzene rings is 1. The van der Waals surface area contributed by atoms with Gasteiger partial charge in [-0.1, -0.05) is 17.7 Å². The average Bonchev–Trinajstić information content (AvgIpc) is 2.01. The minimum atomic E-state index is -0.610. The third-order valence-electron chi connectivity index (χ3n) is 2.00. The van der Waals surface area contributed by atoms with Gasteiger partial charge >= 0.3 is 33.5 Å². The summed E-state index contributed by atoms with van der Waals surface area (Å²) in [6, 6.07) is 3.79. The molecule has 0 unspecified atom stereocenters. The van der Waals surface area contributed by atoms with Crippen LogP contribution in [0, 0.1) is 20.8 Å². The van der Waals surface area contributed by atoms with Gasteiger partial charge in [0.15, 0.2) is 0 Å². The standard InChI is InChI=1S/C10H11O3P.Li.H/c1-6-4-7(2)9(8(3)5-6)10(11)13-14-12;;/h4-5H,1-3H3;;. The first-order chi connectivity index (χ1) is 6.56. The number of aryl methyl sites for hydroxylation is 3. The quantitative estimate of drug-likeness (QED) is 0.565. The summed E-state index contributed by atoms with van der Waals surface area (Å²) in [6.07, 6.45) is 0. The molecule has 0 fully saturated rings. The van der Waals surface area contributed by atoms with Crippen molar-refractivity contribution in [2.75, 3.05) is 0 Å². The van der Waals surface area contributed by atoms with E-state index in [9.17, 15) is 9.36 Å². The summed E-state index contributed by atoms with van der Waals surface area (Å²) in [5, 5.41) is 0. The van der Waals surface area contributed by atoms with E-state index in [2.05, 4.69) is 4.52 Å². The summed E-state index contributed by atoms with van der Waals surface area (Å²) in [5.74, 6) is -0.545. The molecule has 0 aromatic heterocycles. The van der Waals surface area contributed by atoms with E-state index >= 15 is 0 Å². The SMILES string of the molecule is Cc1cc(C)c(C(=O)OP=O)c(C)c1.[LiH]. The number of carbonyl (C=O) groups excluding carboxylic acids is 1. The Kier molecular flexibility index (Phi) is 5.83. The van der Waals surface area contributed by atoms with Crippen LogP contribution in [-0.4, -0.2) is 24.8 Å². The van der Waals surface area contributed by atoms with Gasteiger partial charge in [0.25, 0.3) is 0 Å². The van der Waals surface area contributed by atoms with Crippen molar-refractivity contribution in [2.45, 2.75) is 20.8 Å². The van der Waals surface area contributed by atoms with Gasteiger partial charge in [-0.3, -0.25) is 0 Å². The van der Waals surface area contributed by atoms with Crippen molar-refractivity contribution in [3.05, 3.63) is 34.4 Å². The van der Waals surface area contributed by atoms with Crippen molar-refractivity contribution in [2.24, 2.45) is 0 Å². The molecule has 1 aromatic carbocycles. The summed E-state index contributed by atoms with van der Waals surface area (Å²) >= 11 is 0. The second-order valence-corrected chi connectivity index (χ2v) is 3.56. The van der Waals surface area contributed by atoms with Crippen LogP contribution >= 0.6 is 8.69 Å². The molecule has 5 heteroatoms. The molecule has 3 nitrogen and oxygen atoms in total. The maximum atomic E-state index is 11.4. The molecule has 0 radical (unpaired) electrons. The molecule has 0 saturated carbocycles. The van der Waals surface area contributed by atoms with Gasteiger partial charge in [0.2, 0.25) is 0 Å². The second kappa shape index (κ2) is 6.08. The van der Waals surface area contributed by atoms with Gasteiger partial charge in [0.05, 0.1) is 5.56 Å². The van der Waals surface area contributed by atoms with Crippen LogP contribution in [0.1, 0.15) is 27.0 Å². The summed E-state index contributed by atoms with van der Waals surface area (Å²) in [7, 11) is -0.610. The predicted molar refractivity (Wildman–Crippen MR) is 60.8 cm³/mol. The number of hydrogen-bond acceptors (Lipinski definition) is 3. The van der Waals surface area contributed by atoms with Crippen molar-refractivity contribution < 1.29 is 13.9 Å². The van der Waals surface area contributed by atoms with Gasteiger partial charge < -0.3 is 4.52 Å². The molecule has 76 valence electrons. The van der Waals surface area contributed by atoms with Gasteiger partial charge in [-0.15, -0.1) is 0 Å². The first-order valence-electron chi connectivity index (χ1n) is 4.18. The molecule has 0 N–H and O–H groups in total. The molecular weight excluding hydrogens is 206 g/mol. The van der Waals surface area contributed by atoms with Gasteiger partial charge in [-0.2, -0.15) is 0 Å². The Morgan fingerprint density at radius 1 is 1.20 bits per heavy atom. The molecule has 0 atom stereocenters. The summed E-state index contributed by atoms with van der Waals surface area (Å²) in [4.78, 5) is 11.4. The number of carbonyl (C=O) groups is 1. The van der Waals surface area contributed by atoms with Gasteiger partial charge in [-0.25, -0.2) is 9.36 Å². The first-order valence-corrected chi connectivity index (χ1v) is 4.91. The fourth-order valence-corrected chi connectivity index (χ4v) is 1.74. The van der Waals surface area contributed by atoms with E-state index in [1.54, 1.807) is 0 Å². The Labute approximate surface area is 103 Å². The Balaban J connectivity index is 0.00000196. The van der Waals surface area contributed by atoms with E-state index in [1.165, 1.54) is 0 Å². The Hall–Kier alpha value is -0.613. The van der Waals surface area contributed by atoms with Crippen molar-refractivity contribution in [1.82, 2.24) is 0 Å². The molecule has 0 aliphatic heterocycles. The predicted octanol–water partition coefficient (Wildman–Crippen LogP) is 2.33. The van der Waals surface area contributed by atoms with E-state index in [1.807, 2.05) is 32.9 Å². The zero-order valence-electron chi connectivity index (χ0n) is 8.33. The zero-order valence-corrected chi connectivity index (χ0v) is 9.22. The number of hydrogen-bond donors (Lipinski definition) is 0. The van der Waals surface area contributed by atoms with Crippen LogP contribution in [0.4, 0.5) is 0 Å². The summed E-state index contributed by atoms with van der Waals surface area (Å²) < 4.78 is 14.5. The second-order valence-electron chi connectivity index (χ2n) is 3.23. The van der Waals surface area contributed by atoms with Crippen LogP contribution in [0.25, 0.3) is 0 Å². The van der Waals surface area contributed by atoms with Crippen molar-refractivity contribution in [3.8, 4) is 0 Å². The molecule has 0 bridgehead atoms. The molecular formula is C10H12LiO3P. The fraction of sp³-hybridized carbons (Fsp3) is 0.300. The van der Waals surface area contributed by atoms with E-state index in [4.69, 9.17) is 0 Å². The molecule has 1 aromatic rings. The third kappa shape index (κ3) is 3.46. The molecule has 15 heavy (non-hydrogen) atoms. The van der Waals surface area contributed by atoms with Crippen LogP contribution in [0.3, 0.4) is 0 Å². The summed E-state index contributed by atoms with van der Waals surface area (Å²) in [6.45, 7) is 5.62. The zero-order chi connectivity index (χ0) is 10.7. The van der Waals surface area contributed by atoms with Crippen LogP contribution in [0.5, 0.6) is 0 Å². The monoisotopic (exact) mass is 218 g/mol. The normalized spacial score (nSPS) is 9.53. The van der Waals surface area contributed by atoms with Crippen LogP contribution in [-0.2, 0) is 9.09 Å². The third-order valence-corrected chi connectivity index (χ3v) is 2.24. The van der Waals surface area contributed by atoms with E-state index in [0.717, 1.165) is 16.7 Å². The van der Waals surface area contributed by atoms with E-state index in [-0.39, 0.29) is 18.9 Å². The van der Waals surface area contributed by atoms with Gasteiger partial charge in [0, 0.05) is 0 Å². The van der Waals surface area contributed by atoms with Crippen LogP contribution in [0.2, 0.25) is 0 Å². The van der Waals surface area contributed by atoms with Crippen molar-refractivity contribution in [3.63, 3.8) is 0 Å². The van der Waals surface area contributed by atoms with Crippen LogP contribution in [0.15, 0.2) is 12.1 Å². The first kappa shape index (κ1) is 14.4. The Morgan fingerprint density at radius 3 is 2.07 bits per heavy atom. The molecule has 0 amide bonds. The van der Waals surface area contributed by atoms with Gasteiger partial charge in [0.1, 0.15) is 0 Å². The van der Waals surface area contributed by atoms with Crippen LogP contribution < -0.4 is 0 Å². The molecule has 0 spiro atoms. The molecule has 0 aliphatic carbocycles. The Bertz CT molecular complexity index is 367. The number of rotatable bonds is 2. The van der Waals surface area contributed by atoms with Crippen molar-refractivity contribution in [1.29, 1.82) is 0 Å². The molecule has 1 rings (SSSR count). The molecule has 0 heterocycles. The van der Waals surface area contributed by atoms with Crippen molar-refractivity contribution >= 4 is 33.5 Å². The Morgan fingerprint density at radius 2 is 1.67 bits per heavy atom. The minimum absolute atomic E-state index is 0. The fourth-order valence-electron chi connectivity index (χ4n) is 1.58. The molecule has 0 saturated heterocycles. The topological polar surface area (TPSA) is 43.4 Å². The average molecular weight is 218 g/mol. The van der Waals surface area contributed by atoms with E-state index < -0.39 is 14.7 Å². The van der Waals surface area contributed by atoms with E-state index in [0.29, 0.717) is 5.56 Å².